The zero-order valence-electron chi connectivity index (χ0n) is 16.9. The number of morpholine rings is 1. The molecule has 1 aliphatic heterocycles. The maximum atomic E-state index is 13.0. The Hall–Kier alpha value is -2.98. The van der Waals surface area contributed by atoms with Crippen LogP contribution in [0.3, 0.4) is 0 Å². The lowest BCUT2D eigenvalue weighted by Crippen LogP contribution is -2.48. The molecule has 0 spiro atoms. The second-order valence-electron chi connectivity index (χ2n) is 7.49. The monoisotopic (exact) mass is 433 g/mol. The number of fused-ring (bicyclic) bond motifs is 1. The highest BCUT2D eigenvalue weighted by atomic mass is 19.4. The summed E-state index contributed by atoms with van der Waals surface area (Å²) in [5, 5.41) is 5.09. The molecule has 0 radical (unpaired) electrons. The number of nitrogens with two attached hydrogens (primary N) is 1. The van der Waals surface area contributed by atoms with E-state index in [2.05, 4.69) is 10.1 Å². The van der Waals surface area contributed by atoms with Gasteiger partial charge in [-0.05, 0) is 30.2 Å². The van der Waals surface area contributed by atoms with Crippen LogP contribution in [0.2, 0.25) is 0 Å². The van der Waals surface area contributed by atoms with Gasteiger partial charge in [-0.2, -0.15) is 18.3 Å². The van der Waals surface area contributed by atoms with Gasteiger partial charge in [0.25, 0.3) is 5.91 Å². The van der Waals surface area contributed by atoms with Gasteiger partial charge in [0.1, 0.15) is 5.69 Å². The molecule has 0 saturated carbocycles. The van der Waals surface area contributed by atoms with Gasteiger partial charge in [-0.25, -0.2) is 4.98 Å². The third-order valence-electron chi connectivity index (χ3n) is 5.32. The van der Waals surface area contributed by atoms with Crippen LogP contribution in [-0.4, -0.2) is 57.5 Å². The number of carbonyl (C=O) groups excluding carboxylic acids is 1. The second-order valence-corrected chi connectivity index (χ2v) is 7.49. The van der Waals surface area contributed by atoms with Crippen LogP contribution in [0.25, 0.3) is 22.0 Å². The van der Waals surface area contributed by atoms with Crippen LogP contribution in [0.5, 0.6) is 0 Å². The van der Waals surface area contributed by atoms with Crippen molar-refractivity contribution in [1.82, 2.24) is 19.7 Å². The molecule has 1 aromatic carbocycles. The van der Waals surface area contributed by atoms with Gasteiger partial charge in [-0.1, -0.05) is 12.1 Å². The first-order valence-electron chi connectivity index (χ1n) is 9.91. The molecule has 0 bridgehead atoms. The van der Waals surface area contributed by atoms with Crippen LogP contribution in [0.1, 0.15) is 23.0 Å². The van der Waals surface area contributed by atoms with Crippen molar-refractivity contribution in [2.24, 2.45) is 5.73 Å². The molecule has 164 valence electrons. The van der Waals surface area contributed by atoms with Gasteiger partial charge in [0.2, 0.25) is 0 Å². The van der Waals surface area contributed by atoms with Crippen LogP contribution in [0.15, 0.2) is 36.7 Å². The first-order valence-corrected chi connectivity index (χ1v) is 9.91. The SMILES string of the molecule is CCn1cc(-c2cc(C(N)=O)nc3cc(CN4CCOC(C(F)(F)F)C4)ccc23)cn1. The lowest BCUT2D eigenvalue weighted by atomic mass is 10.0. The van der Waals surface area contributed by atoms with E-state index >= 15 is 0 Å². The second kappa shape index (κ2) is 8.27. The quantitative estimate of drug-likeness (QED) is 0.669. The minimum absolute atomic E-state index is 0.0212. The van der Waals surface area contributed by atoms with Crippen molar-refractivity contribution in [3.05, 3.63) is 47.9 Å². The van der Waals surface area contributed by atoms with E-state index in [1.807, 2.05) is 25.3 Å². The Bertz CT molecular complexity index is 1110. The Balaban J connectivity index is 1.67. The molecule has 1 fully saturated rings. The van der Waals surface area contributed by atoms with E-state index < -0.39 is 18.2 Å². The van der Waals surface area contributed by atoms with Gasteiger partial charge in [0.05, 0.1) is 18.3 Å². The highest BCUT2D eigenvalue weighted by Gasteiger charge is 2.43. The van der Waals surface area contributed by atoms with Crippen molar-refractivity contribution in [3.63, 3.8) is 0 Å². The van der Waals surface area contributed by atoms with E-state index in [1.54, 1.807) is 27.9 Å². The zero-order chi connectivity index (χ0) is 22.2. The minimum atomic E-state index is -4.39. The van der Waals surface area contributed by atoms with Crippen LogP contribution in [0.4, 0.5) is 13.2 Å². The number of amides is 1. The number of aryl methyl sites for hydroxylation is 1. The predicted octanol–water partition coefficient (Wildman–Crippen LogP) is 2.98. The van der Waals surface area contributed by atoms with Gasteiger partial charge in [0.15, 0.2) is 6.10 Å². The fourth-order valence-corrected chi connectivity index (χ4v) is 3.72. The van der Waals surface area contributed by atoms with Crippen LogP contribution in [0, 0.1) is 0 Å². The normalized spacial score (nSPS) is 17.9. The minimum Gasteiger partial charge on any atom is -0.366 e. The fraction of sp³-hybridized carbons (Fsp3) is 0.381. The van der Waals surface area contributed by atoms with Crippen LogP contribution >= 0.6 is 0 Å². The molecule has 1 saturated heterocycles. The summed E-state index contributed by atoms with van der Waals surface area (Å²) < 4.78 is 45.6. The van der Waals surface area contributed by atoms with Crippen LogP contribution < -0.4 is 5.73 Å². The smallest absolute Gasteiger partial charge is 0.366 e. The van der Waals surface area contributed by atoms with Crippen molar-refractivity contribution in [2.75, 3.05) is 19.7 Å². The molecule has 2 N–H and O–H groups in total. The van der Waals surface area contributed by atoms with Gasteiger partial charge < -0.3 is 10.5 Å². The number of nitrogens with zero attached hydrogens (tertiary/aromatic N) is 4. The third-order valence-corrected chi connectivity index (χ3v) is 5.32. The fourth-order valence-electron chi connectivity index (χ4n) is 3.72. The molecule has 1 atom stereocenters. The molecule has 3 aromatic rings. The maximum absolute atomic E-state index is 13.0. The van der Waals surface area contributed by atoms with Crippen LogP contribution in [-0.2, 0) is 17.8 Å². The number of ether oxygens (including phenoxy) is 1. The summed E-state index contributed by atoms with van der Waals surface area (Å²) in [6, 6.07) is 7.15. The summed E-state index contributed by atoms with van der Waals surface area (Å²) in [5.41, 5.74) is 8.53. The number of hydrogen-bond acceptors (Lipinski definition) is 5. The summed E-state index contributed by atoms with van der Waals surface area (Å²) in [5.74, 6) is -0.655. The molecular weight excluding hydrogens is 411 g/mol. The Morgan fingerprint density at radius 3 is 2.81 bits per heavy atom. The Labute approximate surface area is 176 Å². The number of rotatable bonds is 5. The Morgan fingerprint density at radius 2 is 2.13 bits per heavy atom. The van der Waals surface area contributed by atoms with Crippen molar-refractivity contribution < 1.29 is 22.7 Å². The van der Waals surface area contributed by atoms with Crippen molar-refractivity contribution in [3.8, 4) is 11.1 Å². The summed E-state index contributed by atoms with van der Waals surface area (Å²) in [6.45, 7) is 3.19. The molecule has 0 aliphatic carbocycles. The van der Waals surface area contributed by atoms with E-state index in [-0.39, 0.29) is 18.8 Å². The van der Waals surface area contributed by atoms with Crippen molar-refractivity contribution >= 4 is 16.8 Å². The number of aromatic nitrogens is 3. The van der Waals surface area contributed by atoms with Crippen molar-refractivity contribution in [2.45, 2.75) is 32.3 Å². The van der Waals surface area contributed by atoms with E-state index in [0.717, 1.165) is 22.1 Å². The van der Waals surface area contributed by atoms with E-state index in [1.165, 1.54) is 0 Å². The zero-order valence-corrected chi connectivity index (χ0v) is 16.9. The van der Waals surface area contributed by atoms with Gasteiger partial charge >= 0.3 is 6.18 Å². The summed E-state index contributed by atoms with van der Waals surface area (Å²) in [4.78, 5) is 17.9. The van der Waals surface area contributed by atoms with E-state index in [4.69, 9.17) is 10.5 Å². The van der Waals surface area contributed by atoms with E-state index in [0.29, 0.717) is 25.2 Å². The average molecular weight is 433 g/mol. The molecule has 2 aromatic heterocycles. The number of pyridine rings is 1. The Kier molecular flexibility index (Phi) is 5.67. The molecule has 7 nitrogen and oxygen atoms in total. The molecule has 1 amide bonds. The third kappa shape index (κ3) is 4.54. The predicted molar refractivity (Wildman–Crippen MR) is 108 cm³/mol. The van der Waals surface area contributed by atoms with Gasteiger partial charge in [0, 0.05) is 43.3 Å². The first-order chi connectivity index (χ1) is 14.7. The standard InChI is InChI=1S/C21H22F3N5O2/c1-2-29-11-14(9-26-29)16-8-18(20(25)30)27-17-7-13(3-4-15(16)17)10-28-5-6-31-19(12-28)21(22,23)24/h3-4,7-9,11,19H,2,5-6,10,12H2,1H3,(H2,25,30). The molecule has 1 unspecified atom stereocenters. The van der Waals surface area contributed by atoms with Gasteiger partial charge in [-0.3, -0.25) is 14.4 Å². The largest absolute Gasteiger partial charge is 0.415 e. The van der Waals surface area contributed by atoms with Gasteiger partial charge in [-0.15, -0.1) is 0 Å². The summed E-state index contributed by atoms with van der Waals surface area (Å²) >= 11 is 0. The summed E-state index contributed by atoms with van der Waals surface area (Å²) in [6.07, 6.45) is -2.60. The number of halogens is 3. The number of alkyl halides is 3. The molecule has 10 heteroatoms. The maximum Gasteiger partial charge on any atom is 0.415 e. The highest BCUT2D eigenvalue weighted by Crippen LogP contribution is 2.30. The van der Waals surface area contributed by atoms with E-state index in [9.17, 15) is 18.0 Å². The number of carbonyl (C=O) groups is 1. The molecule has 3 heterocycles. The number of benzene rings is 1. The molecule has 31 heavy (non-hydrogen) atoms. The molecular formula is C21H22F3N5O2. The average Bonchev–Trinajstić information content (AvgIpc) is 3.21. The number of primary amides is 1. The first kappa shape index (κ1) is 21.3. The molecule has 4 rings (SSSR count). The number of hydrogen-bond donors (Lipinski definition) is 1. The lowest BCUT2D eigenvalue weighted by Gasteiger charge is -2.33. The van der Waals surface area contributed by atoms with Crippen molar-refractivity contribution in [1.29, 1.82) is 0 Å². The topological polar surface area (TPSA) is 86.3 Å². The lowest BCUT2D eigenvalue weighted by molar-refractivity contribution is -0.237. The molecule has 1 aliphatic rings. The highest BCUT2D eigenvalue weighted by molar-refractivity contribution is 6.00. The summed E-state index contributed by atoms with van der Waals surface area (Å²) in [7, 11) is 0. The Morgan fingerprint density at radius 1 is 1.32 bits per heavy atom.